The molecule has 2 nitrogen and oxygen atoms in total. The zero-order valence-electron chi connectivity index (χ0n) is 11.3. The molecule has 0 spiro atoms. The lowest BCUT2D eigenvalue weighted by Gasteiger charge is -2.19. The fraction of sp³-hybridized carbons (Fsp3) is 0.600. The van der Waals surface area contributed by atoms with E-state index in [9.17, 15) is 0 Å². The van der Waals surface area contributed by atoms with Crippen LogP contribution in [0.2, 0.25) is 0 Å². The van der Waals surface area contributed by atoms with Gasteiger partial charge in [-0.15, -0.1) is 0 Å². The van der Waals surface area contributed by atoms with E-state index in [4.69, 9.17) is 0 Å². The smallest absolute Gasteiger partial charge is 0.0175 e. The summed E-state index contributed by atoms with van der Waals surface area (Å²) in [5.74, 6) is 0. The highest BCUT2D eigenvalue weighted by Gasteiger charge is 2.25. The zero-order valence-corrected chi connectivity index (χ0v) is 12.9. The van der Waals surface area contributed by atoms with Crippen molar-refractivity contribution in [1.29, 1.82) is 0 Å². The summed E-state index contributed by atoms with van der Waals surface area (Å²) in [6.07, 6.45) is 3.89. The van der Waals surface area contributed by atoms with Gasteiger partial charge in [-0.3, -0.25) is 0 Å². The van der Waals surface area contributed by atoms with Crippen LogP contribution in [0.4, 0.5) is 0 Å². The highest BCUT2D eigenvalue weighted by molar-refractivity contribution is 9.10. The van der Waals surface area contributed by atoms with Crippen LogP contribution >= 0.6 is 15.9 Å². The Morgan fingerprint density at radius 1 is 1.33 bits per heavy atom. The van der Waals surface area contributed by atoms with Gasteiger partial charge < -0.3 is 10.2 Å². The molecular formula is C15H23BrN2. The third-order valence-corrected chi connectivity index (χ3v) is 4.11. The predicted octanol–water partition coefficient (Wildman–Crippen LogP) is 3.06. The van der Waals surface area contributed by atoms with Crippen LogP contribution < -0.4 is 5.32 Å². The number of likely N-dealkylation sites (N-methyl/N-ethyl adjacent to an activating group) is 1. The molecule has 0 heterocycles. The van der Waals surface area contributed by atoms with Gasteiger partial charge in [-0.2, -0.15) is 0 Å². The van der Waals surface area contributed by atoms with Gasteiger partial charge in [0.1, 0.15) is 0 Å². The summed E-state index contributed by atoms with van der Waals surface area (Å²) < 4.78 is 1.15. The molecule has 1 unspecified atom stereocenters. The highest BCUT2D eigenvalue weighted by atomic mass is 79.9. The first-order valence-electron chi connectivity index (χ1n) is 6.83. The van der Waals surface area contributed by atoms with Gasteiger partial charge in [-0.25, -0.2) is 0 Å². The molecule has 0 saturated heterocycles. The van der Waals surface area contributed by atoms with Crippen molar-refractivity contribution in [2.24, 2.45) is 0 Å². The van der Waals surface area contributed by atoms with Crippen molar-refractivity contribution in [2.75, 3.05) is 20.1 Å². The van der Waals surface area contributed by atoms with Gasteiger partial charge in [0, 0.05) is 29.6 Å². The first kappa shape index (κ1) is 14.0. The van der Waals surface area contributed by atoms with Gasteiger partial charge in [-0.05, 0) is 50.9 Å². The molecule has 2 rings (SSSR count). The molecule has 18 heavy (non-hydrogen) atoms. The monoisotopic (exact) mass is 310 g/mol. The quantitative estimate of drug-likeness (QED) is 0.832. The number of halogens is 1. The van der Waals surface area contributed by atoms with E-state index >= 15 is 0 Å². The molecule has 0 radical (unpaired) electrons. The number of rotatable bonds is 7. The summed E-state index contributed by atoms with van der Waals surface area (Å²) in [7, 11) is 2.23. The minimum Gasteiger partial charge on any atom is -0.313 e. The summed E-state index contributed by atoms with van der Waals surface area (Å²) in [6.45, 7) is 4.51. The van der Waals surface area contributed by atoms with Crippen molar-refractivity contribution in [2.45, 2.75) is 38.3 Å². The number of benzene rings is 1. The Kier molecular flexibility index (Phi) is 5.22. The summed E-state index contributed by atoms with van der Waals surface area (Å²) in [6, 6.07) is 10.0. The third kappa shape index (κ3) is 4.71. The molecule has 0 bridgehead atoms. The van der Waals surface area contributed by atoms with E-state index in [0.717, 1.165) is 30.0 Å². The molecule has 1 aliphatic carbocycles. The van der Waals surface area contributed by atoms with Crippen molar-refractivity contribution >= 4 is 15.9 Å². The van der Waals surface area contributed by atoms with E-state index in [0.29, 0.717) is 6.04 Å². The first-order valence-corrected chi connectivity index (χ1v) is 7.62. The van der Waals surface area contributed by atoms with E-state index in [1.807, 2.05) is 0 Å². The number of nitrogens with zero attached hydrogens (tertiary/aromatic N) is 1. The van der Waals surface area contributed by atoms with Crippen LogP contribution in [0.15, 0.2) is 28.7 Å². The second-order valence-corrected chi connectivity index (χ2v) is 6.31. The topological polar surface area (TPSA) is 15.3 Å². The molecule has 1 saturated carbocycles. The van der Waals surface area contributed by atoms with Gasteiger partial charge in [0.15, 0.2) is 0 Å². The van der Waals surface area contributed by atoms with Crippen molar-refractivity contribution < 1.29 is 0 Å². The summed E-state index contributed by atoms with van der Waals surface area (Å²) >= 11 is 3.47. The van der Waals surface area contributed by atoms with Crippen molar-refractivity contribution in [3.05, 3.63) is 34.3 Å². The van der Waals surface area contributed by atoms with Crippen LogP contribution in [-0.4, -0.2) is 37.1 Å². The molecule has 1 atom stereocenters. The minimum atomic E-state index is 0.541. The zero-order chi connectivity index (χ0) is 13.0. The molecule has 0 amide bonds. The Morgan fingerprint density at radius 3 is 2.61 bits per heavy atom. The Labute approximate surface area is 119 Å². The summed E-state index contributed by atoms with van der Waals surface area (Å²) in [4.78, 5) is 2.47. The molecule has 1 aromatic rings. The van der Waals surface area contributed by atoms with E-state index in [1.165, 1.54) is 18.4 Å². The maximum absolute atomic E-state index is 3.61. The van der Waals surface area contributed by atoms with Gasteiger partial charge in [-0.1, -0.05) is 28.1 Å². The van der Waals surface area contributed by atoms with Crippen LogP contribution in [0.1, 0.15) is 25.3 Å². The highest BCUT2D eigenvalue weighted by Crippen LogP contribution is 2.24. The Morgan fingerprint density at radius 2 is 2.00 bits per heavy atom. The lowest BCUT2D eigenvalue weighted by Crippen LogP contribution is -2.36. The molecule has 1 N–H and O–H groups in total. The van der Waals surface area contributed by atoms with Crippen LogP contribution in [0.5, 0.6) is 0 Å². The predicted molar refractivity (Wildman–Crippen MR) is 81.0 cm³/mol. The maximum Gasteiger partial charge on any atom is 0.0175 e. The van der Waals surface area contributed by atoms with Crippen LogP contribution in [-0.2, 0) is 6.42 Å². The molecule has 1 aromatic carbocycles. The Hall–Kier alpha value is -0.380. The van der Waals surface area contributed by atoms with Crippen LogP contribution in [0.3, 0.4) is 0 Å². The summed E-state index contributed by atoms with van der Waals surface area (Å²) in [5, 5.41) is 3.61. The molecule has 100 valence electrons. The number of nitrogens with one attached hydrogen (secondary N) is 1. The van der Waals surface area contributed by atoms with E-state index in [1.54, 1.807) is 0 Å². The first-order chi connectivity index (χ1) is 8.65. The molecule has 1 aliphatic rings. The van der Waals surface area contributed by atoms with E-state index < -0.39 is 0 Å². The van der Waals surface area contributed by atoms with Gasteiger partial charge >= 0.3 is 0 Å². The number of hydrogen-bond acceptors (Lipinski definition) is 2. The third-order valence-electron chi connectivity index (χ3n) is 3.58. The molecule has 0 aliphatic heterocycles. The second-order valence-electron chi connectivity index (χ2n) is 5.40. The average molecular weight is 311 g/mol. The SMILES string of the molecule is CC(Cc1ccc(Br)cc1)NCCN(C)C1CC1. The fourth-order valence-electron chi connectivity index (χ4n) is 2.23. The number of hydrogen-bond donors (Lipinski definition) is 1. The van der Waals surface area contributed by atoms with Crippen molar-refractivity contribution in [3.8, 4) is 0 Å². The summed E-state index contributed by atoms with van der Waals surface area (Å²) in [5.41, 5.74) is 1.40. The lowest BCUT2D eigenvalue weighted by molar-refractivity contribution is 0.315. The second kappa shape index (κ2) is 6.69. The molecular weight excluding hydrogens is 288 g/mol. The molecule has 0 aromatic heterocycles. The van der Waals surface area contributed by atoms with E-state index in [-0.39, 0.29) is 0 Å². The van der Waals surface area contributed by atoms with Gasteiger partial charge in [0.25, 0.3) is 0 Å². The van der Waals surface area contributed by atoms with E-state index in [2.05, 4.69) is 64.4 Å². The molecule has 1 fully saturated rings. The normalized spacial score (nSPS) is 17.1. The van der Waals surface area contributed by atoms with Gasteiger partial charge in [0.05, 0.1) is 0 Å². The van der Waals surface area contributed by atoms with Crippen molar-refractivity contribution in [1.82, 2.24) is 10.2 Å². The van der Waals surface area contributed by atoms with Crippen molar-refractivity contribution in [3.63, 3.8) is 0 Å². The minimum absolute atomic E-state index is 0.541. The Balaban J connectivity index is 1.65. The Bertz CT molecular complexity index is 359. The standard InChI is InChI=1S/C15H23BrN2/c1-12(11-13-3-5-14(16)6-4-13)17-9-10-18(2)15-7-8-15/h3-6,12,15,17H,7-11H2,1-2H3. The van der Waals surface area contributed by atoms with Crippen LogP contribution in [0.25, 0.3) is 0 Å². The molecule has 3 heteroatoms. The van der Waals surface area contributed by atoms with Crippen LogP contribution in [0, 0.1) is 0 Å². The van der Waals surface area contributed by atoms with Gasteiger partial charge in [0.2, 0.25) is 0 Å². The maximum atomic E-state index is 3.61. The average Bonchev–Trinajstić information content (AvgIpc) is 3.16. The lowest BCUT2D eigenvalue weighted by atomic mass is 10.1. The largest absolute Gasteiger partial charge is 0.313 e. The fourth-order valence-corrected chi connectivity index (χ4v) is 2.50.